The van der Waals surface area contributed by atoms with Crippen molar-refractivity contribution in [2.75, 3.05) is 31.6 Å². The van der Waals surface area contributed by atoms with E-state index in [1.54, 1.807) is 36.4 Å². The predicted octanol–water partition coefficient (Wildman–Crippen LogP) is 2.41. The summed E-state index contributed by atoms with van der Waals surface area (Å²) in [7, 11) is -3.72. The lowest BCUT2D eigenvalue weighted by Crippen LogP contribution is -2.41. The molecule has 0 aromatic heterocycles. The first-order chi connectivity index (χ1) is 15.4. The SMILES string of the molecule is CCc1ccc(C(=O)Nc2ccc(C(=O)NC3CC3)cc2)cc1S(=O)(=O)N1CCOCC1. The van der Waals surface area contributed by atoms with Crippen LogP contribution in [0, 0.1) is 0 Å². The smallest absolute Gasteiger partial charge is 0.255 e. The molecule has 1 saturated carbocycles. The van der Waals surface area contributed by atoms with Gasteiger partial charge in [0.25, 0.3) is 11.8 Å². The fourth-order valence-electron chi connectivity index (χ4n) is 3.56. The van der Waals surface area contributed by atoms with Crippen molar-refractivity contribution in [2.24, 2.45) is 0 Å². The number of benzene rings is 2. The molecule has 1 aliphatic carbocycles. The number of carbonyl (C=O) groups is 2. The predicted molar refractivity (Wildman–Crippen MR) is 120 cm³/mol. The molecule has 0 bridgehead atoms. The summed E-state index contributed by atoms with van der Waals surface area (Å²) in [5.74, 6) is -0.542. The molecular weight excluding hydrogens is 430 g/mol. The number of carbonyl (C=O) groups excluding carboxylic acids is 2. The maximum atomic E-state index is 13.2. The van der Waals surface area contributed by atoms with E-state index >= 15 is 0 Å². The van der Waals surface area contributed by atoms with Crippen LogP contribution in [0.15, 0.2) is 47.4 Å². The molecule has 2 amide bonds. The van der Waals surface area contributed by atoms with Crippen LogP contribution < -0.4 is 10.6 Å². The molecule has 1 aliphatic heterocycles. The summed E-state index contributed by atoms with van der Waals surface area (Å²) in [6.07, 6.45) is 2.56. The van der Waals surface area contributed by atoms with Crippen molar-refractivity contribution in [3.63, 3.8) is 0 Å². The van der Waals surface area contributed by atoms with Gasteiger partial charge in [0, 0.05) is 35.9 Å². The number of nitrogens with one attached hydrogen (secondary N) is 2. The molecule has 2 aliphatic rings. The highest BCUT2D eigenvalue weighted by Crippen LogP contribution is 2.24. The average Bonchev–Trinajstić information content (AvgIpc) is 3.63. The largest absolute Gasteiger partial charge is 0.379 e. The molecule has 32 heavy (non-hydrogen) atoms. The minimum atomic E-state index is -3.72. The lowest BCUT2D eigenvalue weighted by atomic mass is 10.1. The molecule has 2 aromatic carbocycles. The third kappa shape index (κ3) is 5.01. The van der Waals surface area contributed by atoms with E-state index in [0.717, 1.165) is 12.8 Å². The van der Waals surface area contributed by atoms with Crippen LogP contribution in [0.3, 0.4) is 0 Å². The number of sulfonamides is 1. The van der Waals surface area contributed by atoms with E-state index in [0.29, 0.717) is 49.5 Å². The number of ether oxygens (including phenoxy) is 1. The number of rotatable bonds is 7. The Balaban J connectivity index is 1.51. The molecule has 0 atom stereocenters. The van der Waals surface area contributed by atoms with Crippen molar-refractivity contribution in [1.82, 2.24) is 9.62 Å². The Hall–Kier alpha value is -2.75. The van der Waals surface area contributed by atoms with Gasteiger partial charge in [-0.2, -0.15) is 4.31 Å². The van der Waals surface area contributed by atoms with E-state index in [-0.39, 0.29) is 22.4 Å². The van der Waals surface area contributed by atoms with E-state index in [9.17, 15) is 18.0 Å². The molecule has 2 aromatic rings. The van der Waals surface area contributed by atoms with Crippen LogP contribution in [0.4, 0.5) is 5.69 Å². The number of anilines is 1. The molecule has 0 unspecified atom stereocenters. The van der Waals surface area contributed by atoms with E-state index in [4.69, 9.17) is 4.74 Å². The summed E-state index contributed by atoms with van der Waals surface area (Å²) in [4.78, 5) is 25.1. The fourth-order valence-corrected chi connectivity index (χ4v) is 5.29. The minimum Gasteiger partial charge on any atom is -0.379 e. The molecule has 4 rings (SSSR count). The first kappa shape index (κ1) is 22.4. The first-order valence-corrected chi connectivity index (χ1v) is 12.3. The van der Waals surface area contributed by atoms with Crippen LogP contribution in [0.2, 0.25) is 0 Å². The summed E-state index contributed by atoms with van der Waals surface area (Å²) >= 11 is 0. The van der Waals surface area contributed by atoms with E-state index in [2.05, 4.69) is 10.6 Å². The molecule has 8 nitrogen and oxygen atoms in total. The van der Waals surface area contributed by atoms with Gasteiger partial charge in [-0.3, -0.25) is 9.59 Å². The molecular formula is C23H27N3O5S. The minimum absolute atomic E-state index is 0.126. The van der Waals surface area contributed by atoms with Crippen LogP contribution >= 0.6 is 0 Å². The summed E-state index contributed by atoms with van der Waals surface area (Å²) in [5, 5.41) is 5.69. The van der Waals surface area contributed by atoms with Gasteiger partial charge in [-0.25, -0.2) is 8.42 Å². The second kappa shape index (κ2) is 9.40. The number of hydrogen-bond donors (Lipinski definition) is 2. The Kier molecular flexibility index (Phi) is 6.59. The molecule has 2 N–H and O–H groups in total. The highest BCUT2D eigenvalue weighted by atomic mass is 32.2. The maximum absolute atomic E-state index is 13.2. The first-order valence-electron chi connectivity index (χ1n) is 10.8. The van der Waals surface area contributed by atoms with Gasteiger partial charge in [-0.05, 0) is 61.2 Å². The quantitative estimate of drug-likeness (QED) is 0.664. The van der Waals surface area contributed by atoms with Gasteiger partial charge in [0.05, 0.1) is 18.1 Å². The molecule has 170 valence electrons. The van der Waals surface area contributed by atoms with Gasteiger partial charge in [0.2, 0.25) is 10.0 Å². The van der Waals surface area contributed by atoms with Crippen molar-refractivity contribution in [1.29, 1.82) is 0 Å². The van der Waals surface area contributed by atoms with E-state index < -0.39 is 15.9 Å². The molecule has 2 fully saturated rings. The Morgan fingerprint density at radius 1 is 1.00 bits per heavy atom. The Labute approximate surface area is 188 Å². The number of hydrogen-bond acceptors (Lipinski definition) is 5. The van der Waals surface area contributed by atoms with Gasteiger partial charge >= 0.3 is 0 Å². The summed E-state index contributed by atoms with van der Waals surface area (Å²) in [6, 6.07) is 11.7. The second-order valence-electron chi connectivity index (χ2n) is 7.97. The molecule has 0 spiro atoms. The maximum Gasteiger partial charge on any atom is 0.255 e. The monoisotopic (exact) mass is 457 g/mol. The Morgan fingerprint density at radius 2 is 1.66 bits per heavy atom. The third-order valence-electron chi connectivity index (χ3n) is 5.62. The number of amides is 2. The molecule has 9 heteroatoms. The lowest BCUT2D eigenvalue weighted by molar-refractivity contribution is 0.0730. The Morgan fingerprint density at radius 3 is 2.28 bits per heavy atom. The number of morpholine rings is 1. The van der Waals surface area contributed by atoms with Crippen LogP contribution in [0.1, 0.15) is 46.0 Å². The van der Waals surface area contributed by atoms with Gasteiger partial charge in [-0.15, -0.1) is 0 Å². The van der Waals surface area contributed by atoms with Crippen molar-refractivity contribution in [3.05, 3.63) is 59.2 Å². The lowest BCUT2D eigenvalue weighted by Gasteiger charge is -2.27. The number of nitrogens with zero attached hydrogens (tertiary/aromatic N) is 1. The van der Waals surface area contributed by atoms with Crippen molar-refractivity contribution >= 4 is 27.5 Å². The van der Waals surface area contributed by atoms with Crippen LogP contribution in [-0.4, -0.2) is 56.9 Å². The van der Waals surface area contributed by atoms with Crippen LogP contribution in [0.25, 0.3) is 0 Å². The van der Waals surface area contributed by atoms with Crippen LogP contribution in [0.5, 0.6) is 0 Å². The second-order valence-corrected chi connectivity index (χ2v) is 9.88. The summed E-state index contributed by atoms with van der Waals surface area (Å²) in [5.41, 5.74) is 1.97. The fraction of sp³-hybridized carbons (Fsp3) is 0.391. The van der Waals surface area contributed by atoms with Gasteiger partial charge in [-0.1, -0.05) is 13.0 Å². The highest BCUT2D eigenvalue weighted by Gasteiger charge is 2.29. The third-order valence-corrected chi connectivity index (χ3v) is 7.60. The Bertz CT molecular complexity index is 1100. The van der Waals surface area contributed by atoms with Gasteiger partial charge in [0.15, 0.2) is 0 Å². The zero-order chi connectivity index (χ0) is 22.7. The zero-order valence-corrected chi connectivity index (χ0v) is 18.8. The van der Waals surface area contributed by atoms with Gasteiger partial charge < -0.3 is 15.4 Å². The summed E-state index contributed by atoms with van der Waals surface area (Å²) in [6.45, 7) is 3.19. The topological polar surface area (TPSA) is 105 Å². The molecule has 1 saturated heterocycles. The standard InChI is InChI=1S/C23H27N3O5S/c1-2-16-3-4-18(15-21(16)32(29,30)26-11-13-31-14-12-26)23(28)25-19-7-5-17(6-8-19)22(27)24-20-9-10-20/h3-8,15,20H,2,9-14H2,1H3,(H,24,27)(H,25,28). The number of aryl methyl sites for hydroxylation is 1. The normalized spacial score (nSPS) is 17.0. The van der Waals surface area contributed by atoms with E-state index in [1.807, 2.05) is 6.92 Å². The molecule has 1 heterocycles. The summed E-state index contributed by atoms with van der Waals surface area (Å²) < 4.78 is 33.0. The zero-order valence-electron chi connectivity index (χ0n) is 18.0. The van der Waals surface area contributed by atoms with Crippen molar-refractivity contribution in [3.8, 4) is 0 Å². The average molecular weight is 458 g/mol. The van der Waals surface area contributed by atoms with E-state index in [1.165, 1.54) is 10.4 Å². The van der Waals surface area contributed by atoms with Crippen LogP contribution in [-0.2, 0) is 21.2 Å². The van der Waals surface area contributed by atoms with Gasteiger partial charge in [0.1, 0.15) is 0 Å². The highest BCUT2D eigenvalue weighted by molar-refractivity contribution is 7.89. The van der Waals surface area contributed by atoms with Crippen molar-refractivity contribution in [2.45, 2.75) is 37.1 Å². The van der Waals surface area contributed by atoms with Crippen molar-refractivity contribution < 1.29 is 22.7 Å². The molecule has 0 radical (unpaired) electrons.